The molecule has 0 unspecified atom stereocenters. The minimum Gasteiger partial charge on any atom is -0.467 e. The van der Waals surface area contributed by atoms with Crippen LogP contribution in [-0.4, -0.2) is 53.6 Å². The number of para-hydroxylation sites is 1. The Balaban J connectivity index is 1.51. The van der Waals surface area contributed by atoms with Gasteiger partial charge >= 0.3 is 0 Å². The number of carbonyl (C=O) groups is 1. The van der Waals surface area contributed by atoms with Crippen molar-refractivity contribution in [3.63, 3.8) is 0 Å². The first-order chi connectivity index (χ1) is 11.6. The van der Waals surface area contributed by atoms with Gasteiger partial charge in [0.05, 0.1) is 5.69 Å². The summed E-state index contributed by atoms with van der Waals surface area (Å²) in [5.74, 6) is 0.0556. The van der Waals surface area contributed by atoms with E-state index in [-0.39, 0.29) is 18.3 Å². The van der Waals surface area contributed by atoms with E-state index in [1.165, 1.54) is 12.4 Å². The van der Waals surface area contributed by atoms with Gasteiger partial charge in [0.25, 0.3) is 5.91 Å². The number of aromatic nitrogens is 2. The smallest absolute Gasteiger partial charge is 0.260 e. The van der Waals surface area contributed by atoms with Crippen molar-refractivity contribution in [3.8, 4) is 5.88 Å². The Morgan fingerprint density at radius 2 is 1.96 bits per heavy atom. The lowest BCUT2D eigenvalue weighted by molar-refractivity contribution is -0.133. The van der Waals surface area contributed by atoms with Crippen molar-refractivity contribution in [1.82, 2.24) is 14.9 Å². The lowest BCUT2D eigenvalue weighted by atomic mass is 10.2. The van der Waals surface area contributed by atoms with Crippen LogP contribution in [0.4, 0.5) is 10.1 Å². The molecule has 6 nitrogen and oxygen atoms in total. The Labute approximate surface area is 139 Å². The number of piperazine rings is 1. The molecule has 0 radical (unpaired) electrons. The van der Waals surface area contributed by atoms with Crippen LogP contribution in [-0.2, 0) is 4.79 Å². The summed E-state index contributed by atoms with van der Waals surface area (Å²) in [5.41, 5.74) is 1.36. The molecule has 1 aromatic carbocycles. The van der Waals surface area contributed by atoms with Crippen LogP contribution in [0, 0.1) is 12.7 Å². The number of hydrogen-bond acceptors (Lipinski definition) is 5. The number of nitrogens with zero attached hydrogens (tertiary/aromatic N) is 4. The van der Waals surface area contributed by atoms with Gasteiger partial charge in [-0.1, -0.05) is 12.1 Å². The Bertz CT molecular complexity index is 717. The van der Waals surface area contributed by atoms with Crippen LogP contribution >= 0.6 is 0 Å². The molecular weight excluding hydrogens is 311 g/mol. The van der Waals surface area contributed by atoms with Gasteiger partial charge in [-0.15, -0.1) is 0 Å². The normalized spacial score (nSPS) is 14.6. The van der Waals surface area contributed by atoms with Gasteiger partial charge in [0.15, 0.2) is 6.61 Å². The van der Waals surface area contributed by atoms with Gasteiger partial charge < -0.3 is 14.5 Å². The molecule has 3 rings (SSSR count). The van der Waals surface area contributed by atoms with E-state index in [0.29, 0.717) is 37.7 Å². The molecule has 1 aliphatic heterocycles. The van der Waals surface area contributed by atoms with Crippen LogP contribution in [0.1, 0.15) is 5.69 Å². The van der Waals surface area contributed by atoms with Gasteiger partial charge in [-0.3, -0.25) is 4.79 Å². The van der Waals surface area contributed by atoms with Crippen molar-refractivity contribution in [1.29, 1.82) is 0 Å². The molecule has 126 valence electrons. The Hall–Kier alpha value is -2.70. The van der Waals surface area contributed by atoms with Gasteiger partial charge in [0.2, 0.25) is 5.88 Å². The summed E-state index contributed by atoms with van der Waals surface area (Å²) < 4.78 is 19.2. The molecule has 1 aliphatic rings. The maximum Gasteiger partial charge on any atom is 0.260 e. The predicted octanol–water partition coefficient (Wildman–Crippen LogP) is 1.65. The van der Waals surface area contributed by atoms with E-state index in [1.807, 2.05) is 17.9 Å². The standard InChI is InChI=1S/C17H19FN4O2/c1-13-10-16(20-12-19-13)24-11-17(23)22-8-6-21(7-9-22)15-5-3-2-4-14(15)18/h2-5,10,12H,6-9,11H2,1H3. The van der Waals surface area contributed by atoms with Crippen molar-refractivity contribution in [2.75, 3.05) is 37.7 Å². The lowest BCUT2D eigenvalue weighted by Gasteiger charge is -2.36. The number of ether oxygens (including phenoxy) is 1. The lowest BCUT2D eigenvalue weighted by Crippen LogP contribution is -2.50. The fourth-order valence-electron chi connectivity index (χ4n) is 2.64. The van der Waals surface area contributed by atoms with E-state index in [2.05, 4.69) is 9.97 Å². The molecule has 2 heterocycles. The average Bonchev–Trinajstić information content (AvgIpc) is 2.60. The van der Waals surface area contributed by atoms with Crippen LogP contribution in [0.25, 0.3) is 0 Å². The third-order valence-electron chi connectivity index (χ3n) is 3.95. The third kappa shape index (κ3) is 3.79. The second kappa shape index (κ2) is 7.25. The Morgan fingerprint density at radius 3 is 2.67 bits per heavy atom. The summed E-state index contributed by atoms with van der Waals surface area (Å²) in [5, 5.41) is 0. The minimum atomic E-state index is -0.236. The highest BCUT2D eigenvalue weighted by Crippen LogP contribution is 2.20. The molecule has 1 amide bonds. The topological polar surface area (TPSA) is 58.6 Å². The molecule has 0 aliphatic carbocycles. The number of amides is 1. The monoisotopic (exact) mass is 330 g/mol. The van der Waals surface area contributed by atoms with E-state index in [9.17, 15) is 9.18 Å². The second-order valence-corrected chi connectivity index (χ2v) is 5.61. The van der Waals surface area contributed by atoms with E-state index in [4.69, 9.17) is 4.74 Å². The van der Waals surface area contributed by atoms with E-state index in [0.717, 1.165) is 5.69 Å². The number of anilines is 1. The highest BCUT2D eigenvalue weighted by molar-refractivity contribution is 5.78. The maximum absolute atomic E-state index is 13.8. The van der Waals surface area contributed by atoms with Crippen molar-refractivity contribution in [2.45, 2.75) is 6.92 Å². The molecule has 0 saturated carbocycles. The number of rotatable bonds is 4. The van der Waals surface area contributed by atoms with Gasteiger partial charge in [-0.25, -0.2) is 14.4 Å². The molecule has 7 heteroatoms. The van der Waals surface area contributed by atoms with Gasteiger partial charge in [0, 0.05) is 37.9 Å². The molecule has 0 spiro atoms. The quantitative estimate of drug-likeness (QED) is 0.853. The zero-order valence-electron chi connectivity index (χ0n) is 13.5. The number of aryl methyl sites for hydroxylation is 1. The second-order valence-electron chi connectivity index (χ2n) is 5.61. The summed E-state index contributed by atoms with van der Waals surface area (Å²) in [6.45, 7) is 4.05. The molecule has 24 heavy (non-hydrogen) atoms. The van der Waals surface area contributed by atoms with Gasteiger partial charge in [-0.2, -0.15) is 0 Å². The molecular formula is C17H19FN4O2. The largest absolute Gasteiger partial charge is 0.467 e. The Morgan fingerprint density at radius 1 is 1.21 bits per heavy atom. The zero-order chi connectivity index (χ0) is 16.9. The van der Waals surface area contributed by atoms with Crippen molar-refractivity contribution in [2.24, 2.45) is 0 Å². The number of carbonyl (C=O) groups excluding carboxylic acids is 1. The summed E-state index contributed by atoms with van der Waals surface area (Å²) in [4.78, 5) is 23.9. The molecule has 2 aromatic rings. The summed E-state index contributed by atoms with van der Waals surface area (Å²) in [6, 6.07) is 8.37. The third-order valence-corrected chi connectivity index (χ3v) is 3.95. The zero-order valence-corrected chi connectivity index (χ0v) is 13.5. The molecule has 1 fully saturated rings. The van der Waals surface area contributed by atoms with Crippen LogP contribution < -0.4 is 9.64 Å². The minimum absolute atomic E-state index is 0.0594. The predicted molar refractivity (Wildman–Crippen MR) is 87.5 cm³/mol. The molecule has 1 saturated heterocycles. The summed E-state index contributed by atoms with van der Waals surface area (Å²) in [6.07, 6.45) is 1.41. The molecule has 0 atom stereocenters. The van der Waals surface area contributed by atoms with E-state index < -0.39 is 0 Å². The van der Waals surface area contributed by atoms with Crippen LogP contribution in [0.5, 0.6) is 5.88 Å². The van der Waals surface area contributed by atoms with Gasteiger partial charge in [-0.05, 0) is 19.1 Å². The molecule has 0 bridgehead atoms. The number of hydrogen-bond donors (Lipinski definition) is 0. The Kier molecular flexibility index (Phi) is 4.88. The fraction of sp³-hybridized carbons (Fsp3) is 0.353. The van der Waals surface area contributed by atoms with Gasteiger partial charge in [0.1, 0.15) is 12.1 Å². The van der Waals surface area contributed by atoms with Crippen LogP contribution in [0.15, 0.2) is 36.7 Å². The number of benzene rings is 1. The highest BCUT2D eigenvalue weighted by atomic mass is 19.1. The molecule has 1 aromatic heterocycles. The highest BCUT2D eigenvalue weighted by Gasteiger charge is 2.23. The molecule has 0 N–H and O–H groups in total. The number of halogens is 1. The SMILES string of the molecule is Cc1cc(OCC(=O)N2CCN(c3ccccc3F)CC2)ncn1. The first kappa shape index (κ1) is 16.2. The summed E-state index contributed by atoms with van der Waals surface area (Å²) >= 11 is 0. The van der Waals surface area contributed by atoms with Crippen molar-refractivity contribution < 1.29 is 13.9 Å². The fourth-order valence-corrected chi connectivity index (χ4v) is 2.64. The van der Waals surface area contributed by atoms with Crippen molar-refractivity contribution in [3.05, 3.63) is 48.2 Å². The maximum atomic E-state index is 13.8. The van der Waals surface area contributed by atoms with Crippen LogP contribution in [0.2, 0.25) is 0 Å². The van der Waals surface area contributed by atoms with Crippen LogP contribution in [0.3, 0.4) is 0 Å². The van der Waals surface area contributed by atoms with E-state index in [1.54, 1.807) is 23.1 Å². The summed E-state index contributed by atoms with van der Waals surface area (Å²) in [7, 11) is 0. The van der Waals surface area contributed by atoms with Crippen molar-refractivity contribution >= 4 is 11.6 Å². The van der Waals surface area contributed by atoms with E-state index >= 15 is 0 Å². The first-order valence-corrected chi connectivity index (χ1v) is 7.82. The first-order valence-electron chi connectivity index (χ1n) is 7.82. The average molecular weight is 330 g/mol.